The molecule has 1 heterocycles. The second-order valence-electron chi connectivity index (χ2n) is 5.24. The van der Waals surface area contributed by atoms with Gasteiger partial charge >= 0.3 is 0 Å². The Kier molecular flexibility index (Phi) is 3.81. The molecule has 0 aromatic heterocycles. The minimum atomic E-state index is 0.431. The Labute approximate surface area is 108 Å². The second-order valence-corrected chi connectivity index (χ2v) is 5.24. The first-order chi connectivity index (χ1) is 8.93. The third kappa shape index (κ3) is 2.68. The molecule has 18 heavy (non-hydrogen) atoms. The molecule has 98 valence electrons. The molecule has 3 heteroatoms. The second kappa shape index (κ2) is 5.72. The van der Waals surface area contributed by atoms with Gasteiger partial charge < -0.3 is 4.74 Å². The number of nitrogens with one attached hydrogen (secondary N) is 1. The summed E-state index contributed by atoms with van der Waals surface area (Å²) in [6.07, 6.45) is 6.53. The lowest BCUT2D eigenvalue weighted by Gasteiger charge is -2.26. The first-order valence-corrected chi connectivity index (χ1v) is 7.04. The summed E-state index contributed by atoms with van der Waals surface area (Å²) in [5.74, 6) is 1.55. The molecule has 1 fully saturated rings. The SMILES string of the molecule is c1ccc2c(c1)OCCC2CNOC1CCCC1. The summed E-state index contributed by atoms with van der Waals surface area (Å²) in [6.45, 7) is 1.70. The first kappa shape index (κ1) is 12.0. The third-order valence-electron chi connectivity index (χ3n) is 3.96. The van der Waals surface area contributed by atoms with Crippen molar-refractivity contribution in [2.45, 2.75) is 44.1 Å². The van der Waals surface area contributed by atoms with Crippen molar-refractivity contribution in [3.63, 3.8) is 0 Å². The molecule has 1 N–H and O–H groups in total. The molecule has 0 bridgehead atoms. The van der Waals surface area contributed by atoms with Crippen LogP contribution in [0.1, 0.15) is 43.6 Å². The highest BCUT2D eigenvalue weighted by Crippen LogP contribution is 2.32. The molecule has 1 aliphatic carbocycles. The van der Waals surface area contributed by atoms with Crippen LogP contribution in [0.15, 0.2) is 24.3 Å². The lowest BCUT2D eigenvalue weighted by atomic mass is 9.93. The highest BCUT2D eigenvalue weighted by Gasteiger charge is 2.22. The summed E-state index contributed by atoms with van der Waals surface area (Å²) in [4.78, 5) is 5.73. The summed E-state index contributed by atoms with van der Waals surface area (Å²) in [6, 6.07) is 8.33. The molecule has 3 rings (SSSR count). The van der Waals surface area contributed by atoms with E-state index in [1.807, 2.05) is 6.07 Å². The molecule has 1 unspecified atom stereocenters. The largest absolute Gasteiger partial charge is 0.493 e. The maximum absolute atomic E-state index is 5.73. The first-order valence-electron chi connectivity index (χ1n) is 7.04. The highest BCUT2D eigenvalue weighted by molar-refractivity contribution is 5.37. The molecule has 3 nitrogen and oxygen atoms in total. The fourth-order valence-electron chi connectivity index (χ4n) is 2.90. The zero-order valence-electron chi connectivity index (χ0n) is 10.7. The Hall–Kier alpha value is -1.06. The van der Waals surface area contributed by atoms with E-state index in [4.69, 9.17) is 9.57 Å². The molecule has 2 aliphatic rings. The van der Waals surface area contributed by atoms with E-state index in [-0.39, 0.29) is 0 Å². The van der Waals surface area contributed by atoms with Crippen molar-refractivity contribution in [3.8, 4) is 5.75 Å². The zero-order valence-corrected chi connectivity index (χ0v) is 10.7. The van der Waals surface area contributed by atoms with Gasteiger partial charge in [0.05, 0.1) is 12.7 Å². The van der Waals surface area contributed by atoms with Gasteiger partial charge in [-0.2, -0.15) is 0 Å². The van der Waals surface area contributed by atoms with Gasteiger partial charge in [0, 0.05) is 12.5 Å². The summed E-state index contributed by atoms with van der Waals surface area (Å²) >= 11 is 0. The fourth-order valence-corrected chi connectivity index (χ4v) is 2.90. The quantitative estimate of drug-likeness (QED) is 0.830. The van der Waals surface area contributed by atoms with Crippen LogP contribution in [-0.4, -0.2) is 19.3 Å². The van der Waals surface area contributed by atoms with Gasteiger partial charge in [0.25, 0.3) is 0 Å². The van der Waals surface area contributed by atoms with Gasteiger partial charge in [-0.3, -0.25) is 4.84 Å². The van der Waals surface area contributed by atoms with Crippen LogP contribution in [0.3, 0.4) is 0 Å². The lowest BCUT2D eigenvalue weighted by molar-refractivity contribution is -0.0242. The van der Waals surface area contributed by atoms with Crippen LogP contribution in [-0.2, 0) is 4.84 Å². The molecular weight excluding hydrogens is 226 g/mol. The molecule has 1 aromatic carbocycles. The van der Waals surface area contributed by atoms with Crippen LogP contribution in [0.5, 0.6) is 5.75 Å². The fraction of sp³-hybridized carbons (Fsp3) is 0.600. The average Bonchev–Trinajstić information content (AvgIpc) is 2.92. The van der Waals surface area contributed by atoms with Gasteiger partial charge in [0.2, 0.25) is 0 Å². The number of benzene rings is 1. The van der Waals surface area contributed by atoms with Gasteiger partial charge in [-0.15, -0.1) is 0 Å². The molecule has 0 spiro atoms. The number of hydroxylamine groups is 1. The van der Waals surface area contributed by atoms with Crippen molar-refractivity contribution in [2.75, 3.05) is 13.2 Å². The smallest absolute Gasteiger partial charge is 0.122 e. The van der Waals surface area contributed by atoms with Crippen LogP contribution >= 0.6 is 0 Å². The van der Waals surface area contributed by atoms with Crippen molar-refractivity contribution in [2.24, 2.45) is 0 Å². The predicted octanol–water partition coefficient (Wildman–Crippen LogP) is 3.02. The average molecular weight is 247 g/mol. The normalized spacial score (nSPS) is 23.7. The van der Waals surface area contributed by atoms with Crippen LogP contribution in [0.2, 0.25) is 0 Å². The van der Waals surface area contributed by atoms with E-state index in [0.29, 0.717) is 12.0 Å². The summed E-state index contributed by atoms with van der Waals surface area (Å²) in [5.41, 5.74) is 4.49. The molecule has 1 aromatic rings. The van der Waals surface area contributed by atoms with E-state index in [9.17, 15) is 0 Å². The molecule has 0 amide bonds. The van der Waals surface area contributed by atoms with Crippen LogP contribution < -0.4 is 10.2 Å². The van der Waals surface area contributed by atoms with Crippen molar-refractivity contribution >= 4 is 0 Å². The Morgan fingerprint density at radius 2 is 2.00 bits per heavy atom. The van der Waals surface area contributed by atoms with Crippen molar-refractivity contribution < 1.29 is 9.57 Å². The lowest BCUT2D eigenvalue weighted by Crippen LogP contribution is -2.29. The highest BCUT2D eigenvalue weighted by atomic mass is 16.7. The monoisotopic (exact) mass is 247 g/mol. The molecule has 1 atom stereocenters. The maximum Gasteiger partial charge on any atom is 0.122 e. The molecule has 0 saturated heterocycles. The number of para-hydroxylation sites is 1. The Morgan fingerprint density at radius 3 is 2.89 bits per heavy atom. The molecule has 0 radical (unpaired) electrons. The van der Waals surface area contributed by atoms with Crippen molar-refractivity contribution in [3.05, 3.63) is 29.8 Å². The van der Waals surface area contributed by atoms with Gasteiger partial charge in [-0.25, -0.2) is 5.48 Å². The number of rotatable bonds is 4. The van der Waals surface area contributed by atoms with Gasteiger partial charge in [-0.1, -0.05) is 31.0 Å². The number of fused-ring (bicyclic) bond motifs is 1. The summed E-state index contributed by atoms with van der Waals surface area (Å²) < 4.78 is 5.66. The maximum atomic E-state index is 5.73. The summed E-state index contributed by atoms with van der Waals surface area (Å²) in [7, 11) is 0. The zero-order chi connectivity index (χ0) is 12.2. The van der Waals surface area contributed by atoms with E-state index < -0.39 is 0 Å². The Bertz CT molecular complexity index is 388. The van der Waals surface area contributed by atoms with Crippen molar-refractivity contribution in [1.29, 1.82) is 0 Å². The van der Waals surface area contributed by atoms with Crippen LogP contribution in [0.25, 0.3) is 0 Å². The molecular formula is C15H21NO2. The third-order valence-corrected chi connectivity index (χ3v) is 3.96. The van der Waals surface area contributed by atoms with Crippen molar-refractivity contribution in [1.82, 2.24) is 5.48 Å². The number of ether oxygens (including phenoxy) is 1. The minimum Gasteiger partial charge on any atom is -0.493 e. The number of hydrogen-bond acceptors (Lipinski definition) is 3. The topological polar surface area (TPSA) is 30.5 Å². The van der Waals surface area contributed by atoms with E-state index in [1.54, 1.807) is 0 Å². The predicted molar refractivity (Wildman–Crippen MR) is 70.6 cm³/mol. The van der Waals surface area contributed by atoms with Gasteiger partial charge in [0.1, 0.15) is 5.75 Å². The van der Waals surface area contributed by atoms with E-state index in [1.165, 1.54) is 31.2 Å². The Balaban J connectivity index is 1.54. The minimum absolute atomic E-state index is 0.431. The summed E-state index contributed by atoms with van der Waals surface area (Å²) in [5, 5.41) is 0. The van der Waals surface area contributed by atoms with Crippen LogP contribution in [0, 0.1) is 0 Å². The molecule has 1 aliphatic heterocycles. The Morgan fingerprint density at radius 1 is 1.17 bits per heavy atom. The van der Waals surface area contributed by atoms with Gasteiger partial charge in [0.15, 0.2) is 0 Å². The molecule has 1 saturated carbocycles. The van der Waals surface area contributed by atoms with Gasteiger partial charge in [-0.05, 0) is 30.9 Å². The van der Waals surface area contributed by atoms with Crippen LogP contribution in [0.4, 0.5) is 0 Å². The van der Waals surface area contributed by atoms with E-state index >= 15 is 0 Å². The standard InChI is InChI=1S/C15H21NO2/c1-2-6-13(5-1)18-16-11-12-9-10-17-15-8-4-3-7-14(12)15/h3-4,7-8,12-13,16H,1-2,5-6,9-11H2. The van der Waals surface area contributed by atoms with E-state index in [0.717, 1.165) is 25.3 Å². The number of hydrogen-bond donors (Lipinski definition) is 1. The van der Waals surface area contributed by atoms with E-state index in [2.05, 4.69) is 23.7 Å².